The number of carbonyl (C=O) groups is 1. The normalized spacial score (nSPS) is 20.9. The number of benzene rings is 1. The van der Waals surface area contributed by atoms with Gasteiger partial charge in [-0.25, -0.2) is 9.18 Å². The largest absolute Gasteiger partial charge is 0.510 e. The van der Waals surface area contributed by atoms with Crippen LogP contribution in [0.3, 0.4) is 0 Å². The molecular formula is C14H17FO4. The molecule has 1 heterocycles. The second kappa shape index (κ2) is 6.02. The first kappa shape index (κ1) is 13.8. The van der Waals surface area contributed by atoms with Crippen molar-refractivity contribution in [3.05, 3.63) is 35.6 Å². The summed E-state index contributed by atoms with van der Waals surface area (Å²) in [6.45, 7) is 0.419. The highest BCUT2D eigenvalue weighted by Gasteiger charge is 2.49. The summed E-state index contributed by atoms with van der Waals surface area (Å²) >= 11 is 0. The molecule has 0 aliphatic carbocycles. The molecular weight excluding hydrogens is 251 g/mol. The monoisotopic (exact) mass is 268 g/mol. The topological polar surface area (TPSA) is 48.1 Å². The van der Waals surface area contributed by atoms with Gasteiger partial charge in [-0.1, -0.05) is 12.1 Å². The Kier molecular flexibility index (Phi) is 4.37. The molecule has 1 fully saturated rings. The van der Waals surface area contributed by atoms with Gasteiger partial charge in [-0.3, -0.25) is 0 Å². The van der Waals surface area contributed by atoms with Gasteiger partial charge in [0.1, 0.15) is 12.4 Å². The van der Waals surface area contributed by atoms with Gasteiger partial charge in [0.25, 0.3) is 0 Å². The molecule has 0 saturated carbocycles. The number of methoxy groups -OCH3 is 1. The molecule has 1 aromatic carbocycles. The standard InChI is InChI=1S/C14H17FO4/c1-17-13(16)19-14(10-18-14)8-3-2-5-11-6-4-7-12(15)9-11/h4,6-7,9H,2-3,5,8,10H2,1H3. The highest BCUT2D eigenvalue weighted by molar-refractivity contribution is 5.60. The Bertz CT molecular complexity index is 443. The molecule has 0 aromatic heterocycles. The van der Waals surface area contributed by atoms with Crippen LogP contribution in [0.15, 0.2) is 24.3 Å². The van der Waals surface area contributed by atoms with Gasteiger partial charge in [-0.15, -0.1) is 0 Å². The minimum absolute atomic E-state index is 0.214. The molecule has 1 aliphatic rings. The van der Waals surface area contributed by atoms with Gasteiger partial charge in [0.2, 0.25) is 5.79 Å². The van der Waals surface area contributed by atoms with Crippen molar-refractivity contribution in [2.45, 2.75) is 31.5 Å². The van der Waals surface area contributed by atoms with Crippen LogP contribution in [0.25, 0.3) is 0 Å². The van der Waals surface area contributed by atoms with Crippen LogP contribution in [0.1, 0.15) is 24.8 Å². The third-order valence-corrected chi connectivity index (χ3v) is 3.06. The highest BCUT2D eigenvalue weighted by atomic mass is 19.1. The van der Waals surface area contributed by atoms with E-state index in [2.05, 4.69) is 4.74 Å². The van der Waals surface area contributed by atoms with Gasteiger partial charge >= 0.3 is 6.16 Å². The van der Waals surface area contributed by atoms with Gasteiger partial charge in [0.05, 0.1) is 7.11 Å². The Hall–Kier alpha value is -1.62. The number of carbonyl (C=O) groups excluding carboxylic acids is 1. The lowest BCUT2D eigenvalue weighted by molar-refractivity contribution is -0.0323. The van der Waals surface area contributed by atoms with Gasteiger partial charge in [0, 0.05) is 6.42 Å². The van der Waals surface area contributed by atoms with Crippen LogP contribution in [-0.4, -0.2) is 25.7 Å². The molecule has 0 radical (unpaired) electrons. The number of unbranched alkanes of at least 4 members (excludes halogenated alkanes) is 1. The first-order valence-electron chi connectivity index (χ1n) is 6.29. The quantitative estimate of drug-likeness (QED) is 0.452. The number of halogens is 1. The summed E-state index contributed by atoms with van der Waals surface area (Å²) in [7, 11) is 1.27. The molecule has 0 bridgehead atoms. The predicted octanol–water partition coefficient (Wildman–Crippen LogP) is 3.05. The van der Waals surface area contributed by atoms with E-state index in [1.807, 2.05) is 6.07 Å². The Labute approximate surface area is 111 Å². The zero-order valence-corrected chi connectivity index (χ0v) is 10.9. The maximum atomic E-state index is 13.0. The van der Waals surface area contributed by atoms with Crippen molar-refractivity contribution in [3.63, 3.8) is 0 Å². The van der Waals surface area contributed by atoms with Crippen molar-refractivity contribution in [2.75, 3.05) is 13.7 Å². The lowest BCUT2D eigenvalue weighted by Gasteiger charge is -2.11. The fourth-order valence-corrected chi connectivity index (χ4v) is 1.94. The number of rotatable bonds is 6. The van der Waals surface area contributed by atoms with E-state index in [1.165, 1.54) is 19.2 Å². The second-order valence-corrected chi connectivity index (χ2v) is 4.59. The zero-order valence-electron chi connectivity index (χ0n) is 10.9. The van der Waals surface area contributed by atoms with Crippen LogP contribution < -0.4 is 0 Å². The van der Waals surface area contributed by atoms with Crippen molar-refractivity contribution >= 4 is 6.16 Å². The van der Waals surface area contributed by atoms with Crippen molar-refractivity contribution in [1.82, 2.24) is 0 Å². The van der Waals surface area contributed by atoms with Gasteiger partial charge in [-0.2, -0.15) is 0 Å². The minimum Gasteiger partial charge on any atom is -0.438 e. The Morgan fingerprint density at radius 2 is 2.26 bits per heavy atom. The zero-order chi connectivity index (χ0) is 13.7. The maximum absolute atomic E-state index is 13.0. The summed E-state index contributed by atoms with van der Waals surface area (Å²) in [5.74, 6) is -0.997. The molecule has 1 aromatic rings. The molecule has 1 unspecified atom stereocenters. The smallest absolute Gasteiger partial charge is 0.438 e. The number of hydrogen-bond donors (Lipinski definition) is 0. The van der Waals surface area contributed by atoms with E-state index >= 15 is 0 Å². The van der Waals surface area contributed by atoms with Crippen molar-refractivity contribution < 1.29 is 23.4 Å². The van der Waals surface area contributed by atoms with E-state index in [9.17, 15) is 9.18 Å². The van der Waals surface area contributed by atoms with Gasteiger partial charge < -0.3 is 14.2 Å². The molecule has 1 aliphatic heterocycles. The average Bonchev–Trinajstić information content (AvgIpc) is 3.15. The van der Waals surface area contributed by atoms with E-state index in [0.717, 1.165) is 24.8 Å². The average molecular weight is 268 g/mol. The Morgan fingerprint density at radius 3 is 2.89 bits per heavy atom. The molecule has 19 heavy (non-hydrogen) atoms. The van der Waals surface area contributed by atoms with E-state index < -0.39 is 11.9 Å². The van der Waals surface area contributed by atoms with Gasteiger partial charge in [-0.05, 0) is 37.0 Å². The molecule has 0 spiro atoms. The SMILES string of the molecule is COC(=O)OC1(CCCCc2cccc(F)c2)CO1. The van der Waals surface area contributed by atoms with Crippen LogP contribution >= 0.6 is 0 Å². The summed E-state index contributed by atoms with van der Waals surface area (Å²) in [6, 6.07) is 6.57. The van der Waals surface area contributed by atoms with Crippen molar-refractivity contribution in [3.8, 4) is 0 Å². The third-order valence-electron chi connectivity index (χ3n) is 3.06. The minimum atomic E-state index is -0.783. The van der Waals surface area contributed by atoms with Crippen LogP contribution in [-0.2, 0) is 20.6 Å². The fourth-order valence-electron chi connectivity index (χ4n) is 1.94. The van der Waals surface area contributed by atoms with E-state index in [4.69, 9.17) is 9.47 Å². The summed E-state index contributed by atoms with van der Waals surface area (Å²) in [4.78, 5) is 11.0. The summed E-state index contributed by atoms with van der Waals surface area (Å²) in [5, 5.41) is 0. The number of epoxide rings is 1. The van der Waals surface area contributed by atoms with Crippen LogP contribution in [0.5, 0.6) is 0 Å². The molecule has 2 rings (SSSR count). The molecule has 1 atom stereocenters. The number of aryl methyl sites for hydroxylation is 1. The van der Waals surface area contributed by atoms with Crippen LogP contribution in [0.4, 0.5) is 9.18 Å². The van der Waals surface area contributed by atoms with Crippen LogP contribution in [0, 0.1) is 5.82 Å². The lowest BCUT2D eigenvalue weighted by atomic mass is 10.1. The molecule has 0 amide bonds. The summed E-state index contributed by atoms with van der Waals surface area (Å²) in [6.07, 6.45) is 2.44. The number of hydrogen-bond acceptors (Lipinski definition) is 4. The van der Waals surface area contributed by atoms with E-state index in [-0.39, 0.29) is 5.82 Å². The predicted molar refractivity (Wildman–Crippen MR) is 66.1 cm³/mol. The molecule has 0 N–H and O–H groups in total. The van der Waals surface area contributed by atoms with E-state index in [0.29, 0.717) is 13.0 Å². The van der Waals surface area contributed by atoms with Gasteiger partial charge in [0.15, 0.2) is 0 Å². The third kappa shape index (κ3) is 4.21. The first-order chi connectivity index (χ1) is 9.13. The van der Waals surface area contributed by atoms with E-state index in [1.54, 1.807) is 6.07 Å². The molecule has 1 saturated heterocycles. The highest BCUT2D eigenvalue weighted by Crippen LogP contribution is 2.34. The Morgan fingerprint density at radius 1 is 1.47 bits per heavy atom. The second-order valence-electron chi connectivity index (χ2n) is 4.59. The molecule has 5 heteroatoms. The Balaban J connectivity index is 1.68. The molecule has 4 nitrogen and oxygen atoms in total. The number of ether oxygens (including phenoxy) is 3. The lowest BCUT2D eigenvalue weighted by Crippen LogP contribution is -2.21. The maximum Gasteiger partial charge on any atom is 0.510 e. The fraction of sp³-hybridized carbons (Fsp3) is 0.500. The van der Waals surface area contributed by atoms with Crippen molar-refractivity contribution in [2.24, 2.45) is 0 Å². The first-order valence-corrected chi connectivity index (χ1v) is 6.29. The molecule has 104 valence electrons. The van der Waals surface area contributed by atoms with Crippen LogP contribution in [0.2, 0.25) is 0 Å². The van der Waals surface area contributed by atoms with Crippen molar-refractivity contribution in [1.29, 1.82) is 0 Å². The summed E-state index contributed by atoms with van der Waals surface area (Å²) < 4.78 is 27.6. The summed E-state index contributed by atoms with van der Waals surface area (Å²) in [5.41, 5.74) is 0.972.